The molecular formula is C19H33Cl2N3O3. The van der Waals surface area contributed by atoms with Gasteiger partial charge in [-0.25, -0.2) is 0 Å². The molecule has 0 bridgehead atoms. The van der Waals surface area contributed by atoms with Gasteiger partial charge < -0.3 is 20.5 Å². The van der Waals surface area contributed by atoms with Gasteiger partial charge in [-0.15, -0.1) is 24.8 Å². The Bertz CT molecular complexity index is 518. The Kier molecular flexibility index (Phi) is 13.7. The van der Waals surface area contributed by atoms with Gasteiger partial charge in [0.2, 0.25) is 5.91 Å². The fraction of sp³-hybridized carbons (Fsp3) is 0.632. The summed E-state index contributed by atoms with van der Waals surface area (Å²) < 4.78 is 11.1. The maximum absolute atomic E-state index is 12.2. The van der Waals surface area contributed by atoms with Crippen molar-refractivity contribution in [1.29, 1.82) is 0 Å². The van der Waals surface area contributed by atoms with Crippen LogP contribution in [-0.4, -0.2) is 62.4 Å². The van der Waals surface area contributed by atoms with E-state index >= 15 is 0 Å². The molecule has 1 saturated heterocycles. The van der Waals surface area contributed by atoms with Crippen LogP contribution in [0.3, 0.4) is 0 Å². The second-order valence-electron chi connectivity index (χ2n) is 6.51. The zero-order valence-corrected chi connectivity index (χ0v) is 17.8. The Labute approximate surface area is 175 Å². The number of rotatable bonds is 9. The first-order valence-corrected chi connectivity index (χ1v) is 9.06. The summed E-state index contributed by atoms with van der Waals surface area (Å²) in [6, 6.07) is 10.4. The van der Waals surface area contributed by atoms with Crippen molar-refractivity contribution in [3.63, 3.8) is 0 Å². The van der Waals surface area contributed by atoms with E-state index in [0.717, 1.165) is 26.1 Å². The highest BCUT2D eigenvalue weighted by atomic mass is 35.5. The van der Waals surface area contributed by atoms with Crippen LogP contribution < -0.4 is 11.1 Å². The molecule has 0 spiro atoms. The van der Waals surface area contributed by atoms with Gasteiger partial charge >= 0.3 is 0 Å². The summed E-state index contributed by atoms with van der Waals surface area (Å²) in [5.41, 5.74) is 6.89. The van der Waals surface area contributed by atoms with Gasteiger partial charge in [0.1, 0.15) is 0 Å². The van der Waals surface area contributed by atoms with Crippen LogP contribution in [0.25, 0.3) is 0 Å². The maximum atomic E-state index is 12.2. The molecule has 0 saturated carbocycles. The van der Waals surface area contributed by atoms with Crippen molar-refractivity contribution in [3.8, 4) is 0 Å². The van der Waals surface area contributed by atoms with E-state index in [1.807, 2.05) is 6.07 Å². The van der Waals surface area contributed by atoms with Crippen LogP contribution in [0.2, 0.25) is 0 Å². The highest BCUT2D eigenvalue weighted by Gasteiger charge is 2.28. The van der Waals surface area contributed by atoms with Crippen molar-refractivity contribution in [2.45, 2.75) is 44.6 Å². The van der Waals surface area contributed by atoms with Crippen LogP contribution in [0.1, 0.15) is 25.3 Å². The molecule has 1 aliphatic heterocycles. The van der Waals surface area contributed by atoms with Gasteiger partial charge in [-0.05, 0) is 12.0 Å². The van der Waals surface area contributed by atoms with Gasteiger partial charge in [0, 0.05) is 33.3 Å². The van der Waals surface area contributed by atoms with Gasteiger partial charge in [-0.3, -0.25) is 9.69 Å². The highest BCUT2D eigenvalue weighted by molar-refractivity contribution is 5.85. The molecule has 1 aliphatic rings. The number of morpholine rings is 1. The van der Waals surface area contributed by atoms with E-state index in [0.29, 0.717) is 13.2 Å². The van der Waals surface area contributed by atoms with Gasteiger partial charge in [0.15, 0.2) is 0 Å². The molecule has 3 atom stereocenters. The van der Waals surface area contributed by atoms with E-state index < -0.39 is 0 Å². The van der Waals surface area contributed by atoms with Gasteiger partial charge in [0.25, 0.3) is 0 Å². The number of carbonyl (C=O) groups is 1. The summed E-state index contributed by atoms with van der Waals surface area (Å²) in [5, 5.41) is 3.09. The average molecular weight is 422 g/mol. The van der Waals surface area contributed by atoms with Crippen LogP contribution >= 0.6 is 24.8 Å². The second kappa shape index (κ2) is 14.2. The summed E-state index contributed by atoms with van der Waals surface area (Å²) in [5.74, 6) is -0.0343. The Morgan fingerprint density at radius 1 is 1.37 bits per heavy atom. The number of hydrogen-bond acceptors (Lipinski definition) is 5. The normalized spacial score (nSPS) is 19.3. The van der Waals surface area contributed by atoms with E-state index in [9.17, 15) is 4.79 Å². The van der Waals surface area contributed by atoms with Gasteiger partial charge in [0.05, 0.1) is 31.3 Å². The van der Waals surface area contributed by atoms with Crippen LogP contribution in [-0.2, 0) is 20.8 Å². The lowest BCUT2D eigenvalue weighted by Gasteiger charge is -2.37. The molecule has 8 heteroatoms. The Morgan fingerprint density at radius 3 is 2.67 bits per heavy atom. The molecular weight excluding hydrogens is 389 g/mol. The van der Waals surface area contributed by atoms with E-state index in [1.54, 1.807) is 7.11 Å². The zero-order valence-electron chi connectivity index (χ0n) is 16.1. The molecule has 1 aromatic carbocycles. The molecule has 3 N–H and O–H groups in total. The number of amides is 1. The maximum Gasteiger partial charge on any atom is 0.222 e. The predicted molar refractivity (Wildman–Crippen MR) is 113 cm³/mol. The second-order valence-corrected chi connectivity index (χ2v) is 6.51. The molecule has 6 nitrogen and oxygen atoms in total. The molecule has 2 rings (SSSR count). The molecule has 0 radical (unpaired) electrons. The van der Waals surface area contributed by atoms with Crippen molar-refractivity contribution in [2.24, 2.45) is 5.73 Å². The third-order valence-corrected chi connectivity index (χ3v) is 4.67. The first kappa shape index (κ1) is 26.1. The highest BCUT2D eigenvalue weighted by Crippen LogP contribution is 2.15. The molecule has 27 heavy (non-hydrogen) atoms. The summed E-state index contributed by atoms with van der Waals surface area (Å²) >= 11 is 0. The van der Waals surface area contributed by atoms with Crippen LogP contribution in [0.4, 0.5) is 0 Å². The topological polar surface area (TPSA) is 76.8 Å². The van der Waals surface area contributed by atoms with E-state index in [1.165, 1.54) is 5.56 Å². The standard InChI is InChI=1S/C19H31N3O3.2ClH/c1-3-17(21-19(23)11-16(12-20)24-2)18-14-22(9-10-25-18)13-15-7-5-4-6-8-15;;/h4-8,16-18H,3,9-14,20H2,1-2H3,(H,21,23);2*1H. The number of methoxy groups -OCH3 is 1. The van der Waals surface area contributed by atoms with Gasteiger partial charge in [-0.2, -0.15) is 0 Å². The first-order chi connectivity index (χ1) is 12.2. The SMILES string of the molecule is CCC(NC(=O)CC(CN)OC)C1CN(Cc2ccccc2)CCO1.Cl.Cl. The monoisotopic (exact) mass is 421 g/mol. The molecule has 156 valence electrons. The molecule has 3 unspecified atom stereocenters. The number of halogens is 2. The molecule has 0 aromatic heterocycles. The average Bonchev–Trinajstić information content (AvgIpc) is 2.65. The minimum Gasteiger partial charge on any atom is -0.380 e. The molecule has 1 amide bonds. The number of nitrogens with two attached hydrogens (primary N) is 1. The van der Waals surface area contributed by atoms with Crippen molar-refractivity contribution in [2.75, 3.05) is 33.4 Å². The zero-order chi connectivity index (χ0) is 18.1. The molecule has 1 aromatic rings. The summed E-state index contributed by atoms with van der Waals surface area (Å²) in [6.07, 6.45) is 0.879. The molecule has 0 aliphatic carbocycles. The lowest BCUT2D eigenvalue weighted by molar-refractivity contribution is -0.126. The Morgan fingerprint density at radius 2 is 2.07 bits per heavy atom. The minimum absolute atomic E-state index is 0. The van der Waals surface area contributed by atoms with Gasteiger partial charge in [-0.1, -0.05) is 37.3 Å². The minimum atomic E-state index is -0.237. The quantitative estimate of drug-likeness (QED) is 0.637. The predicted octanol–water partition coefficient (Wildman–Crippen LogP) is 1.99. The summed E-state index contributed by atoms with van der Waals surface area (Å²) in [6.45, 7) is 5.73. The van der Waals surface area contributed by atoms with Crippen LogP contribution in [0.5, 0.6) is 0 Å². The number of carbonyl (C=O) groups excluding carboxylic acids is 1. The lowest BCUT2D eigenvalue weighted by atomic mass is 10.1. The smallest absolute Gasteiger partial charge is 0.222 e. The number of nitrogens with zero attached hydrogens (tertiary/aromatic N) is 1. The van der Waals surface area contributed by atoms with E-state index in [-0.39, 0.29) is 55.4 Å². The summed E-state index contributed by atoms with van der Waals surface area (Å²) in [7, 11) is 1.58. The summed E-state index contributed by atoms with van der Waals surface area (Å²) in [4.78, 5) is 14.6. The molecule has 1 fully saturated rings. The fourth-order valence-electron chi connectivity index (χ4n) is 3.15. The van der Waals surface area contributed by atoms with Crippen molar-refractivity contribution < 1.29 is 14.3 Å². The Balaban J connectivity index is 0.00000338. The number of ether oxygens (including phenoxy) is 2. The van der Waals surface area contributed by atoms with Crippen LogP contribution in [0.15, 0.2) is 30.3 Å². The number of benzene rings is 1. The fourth-order valence-corrected chi connectivity index (χ4v) is 3.15. The van der Waals surface area contributed by atoms with E-state index in [2.05, 4.69) is 41.4 Å². The Hall–Kier alpha value is -0.890. The third-order valence-electron chi connectivity index (χ3n) is 4.67. The lowest BCUT2D eigenvalue weighted by Crippen LogP contribution is -2.53. The van der Waals surface area contributed by atoms with Crippen molar-refractivity contribution in [1.82, 2.24) is 10.2 Å². The third kappa shape index (κ3) is 8.77. The largest absolute Gasteiger partial charge is 0.380 e. The number of hydrogen-bond donors (Lipinski definition) is 2. The number of nitrogens with one attached hydrogen (secondary N) is 1. The van der Waals surface area contributed by atoms with Crippen LogP contribution in [0, 0.1) is 0 Å². The van der Waals surface area contributed by atoms with E-state index in [4.69, 9.17) is 15.2 Å². The molecule has 1 heterocycles. The van der Waals surface area contributed by atoms with Crippen molar-refractivity contribution >= 4 is 30.7 Å². The first-order valence-electron chi connectivity index (χ1n) is 9.06. The van der Waals surface area contributed by atoms with Crippen molar-refractivity contribution in [3.05, 3.63) is 35.9 Å².